The molecule has 0 atom stereocenters. The molecule has 0 unspecified atom stereocenters. The number of ether oxygens (including phenoxy) is 1. The Hall–Kier alpha value is -0.580. The summed E-state index contributed by atoms with van der Waals surface area (Å²) in [4.78, 5) is 2.48. The third-order valence-electron chi connectivity index (χ3n) is 3.03. The molecular weight excluding hydrogens is 412 g/mol. The van der Waals surface area contributed by atoms with Gasteiger partial charge in [0.05, 0.1) is 10.00 Å². The van der Waals surface area contributed by atoms with Gasteiger partial charge in [-0.2, -0.15) is 0 Å². The van der Waals surface area contributed by atoms with Crippen molar-refractivity contribution in [2.75, 3.05) is 6.61 Å². The maximum atomic E-state index is 5.74. The zero-order valence-electron chi connectivity index (χ0n) is 11.9. The molecule has 0 saturated heterocycles. The van der Waals surface area contributed by atoms with E-state index in [1.165, 1.54) is 28.2 Å². The van der Waals surface area contributed by atoms with E-state index < -0.39 is 0 Å². The van der Waals surface area contributed by atoms with Gasteiger partial charge in [-0.1, -0.05) is 19.8 Å². The van der Waals surface area contributed by atoms with Crippen molar-refractivity contribution in [1.29, 1.82) is 0 Å². The monoisotopic (exact) mass is 428 g/mol. The summed E-state index contributed by atoms with van der Waals surface area (Å²) in [5.41, 5.74) is 1.23. The van der Waals surface area contributed by atoms with Crippen molar-refractivity contribution in [3.05, 3.63) is 44.7 Å². The standard InChI is InChI=1S/C17H18Br2OS/c1-2-3-4-11-20-14-7-5-13(6-8-14)16-10-9-15(21-16)12-17(18)19/h5-10,12H,2-4,11H2,1H3. The number of hydrogen-bond donors (Lipinski definition) is 0. The molecule has 0 bridgehead atoms. The second kappa shape index (κ2) is 8.76. The van der Waals surface area contributed by atoms with Gasteiger partial charge in [-0.3, -0.25) is 0 Å². The molecule has 4 heteroatoms. The number of rotatable bonds is 7. The van der Waals surface area contributed by atoms with Crippen molar-refractivity contribution in [2.45, 2.75) is 26.2 Å². The van der Waals surface area contributed by atoms with Gasteiger partial charge in [0, 0.05) is 9.75 Å². The van der Waals surface area contributed by atoms with Gasteiger partial charge in [-0.05, 0) is 86.3 Å². The van der Waals surface area contributed by atoms with Crippen LogP contribution in [0.15, 0.2) is 39.8 Å². The largest absolute Gasteiger partial charge is 0.494 e. The van der Waals surface area contributed by atoms with Gasteiger partial charge < -0.3 is 4.74 Å². The first-order chi connectivity index (χ1) is 10.2. The Morgan fingerprint density at radius 2 is 1.86 bits per heavy atom. The van der Waals surface area contributed by atoms with E-state index in [1.54, 1.807) is 11.3 Å². The van der Waals surface area contributed by atoms with Crippen LogP contribution in [0, 0.1) is 0 Å². The van der Waals surface area contributed by atoms with E-state index in [4.69, 9.17) is 4.74 Å². The molecule has 1 heterocycles. The first-order valence-electron chi connectivity index (χ1n) is 7.05. The van der Waals surface area contributed by atoms with E-state index in [0.29, 0.717) is 0 Å². The van der Waals surface area contributed by atoms with Crippen molar-refractivity contribution in [2.24, 2.45) is 0 Å². The van der Waals surface area contributed by atoms with Crippen LogP contribution >= 0.6 is 43.2 Å². The summed E-state index contributed by atoms with van der Waals surface area (Å²) in [6.07, 6.45) is 5.63. The summed E-state index contributed by atoms with van der Waals surface area (Å²) in [6, 6.07) is 12.6. The summed E-state index contributed by atoms with van der Waals surface area (Å²) in [5, 5.41) is 0. The molecule has 0 radical (unpaired) electrons. The zero-order valence-corrected chi connectivity index (χ0v) is 15.9. The minimum Gasteiger partial charge on any atom is -0.494 e. The Labute approximate surface area is 147 Å². The number of benzene rings is 1. The van der Waals surface area contributed by atoms with Crippen molar-refractivity contribution >= 4 is 49.3 Å². The predicted molar refractivity (Wildman–Crippen MR) is 101 cm³/mol. The Balaban J connectivity index is 1.98. The third kappa shape index (κ3) is 5.61. The van der Waals surface area contributed by atoms with Crippen LogP contribution in [0.25, 0.3) is 16.5 Å². The van der Waals surface area contributed by atoms with Crippen LogP contribution in [0.4, 0.5) is 0 Å². The number of thiophene rings is 1. The molecule has 0 aliphatic rings. The van der Waals surface area contributed by atoms with Gasteiger partial charge in [0.1, 0.15) is 5.75 Å². The maximum absolute atomic E-state index is 5.74. The normalized spacial score (nSPS) is 10.4. The van der Waals surface area contributed by atoms with Crippen LogP contribution < -0.4 is 4.74 Å². The molecule has 0 saturated carbocycles. The predicted octanol–water partition coefficient (Wildman–Crippen LogP) is 7.07. The van der Waals surface area contributed by atoms with Crippen LogP contribution in [0.3, 0.4) is 0 Å². The van der Waals surface area contributed by atoms with Crippen molar-refractivity contribution in [3.8, 4) is 16.2 Å². The maximum Gasteiger partial charge on any atom is 0.119 e. The molecule has 0 fully saturated rings. The van der Waals surface area contributed by atoms with Crippen LogP contribution in [0.5, 0.6) is 5.75 Å². The van der Waals surface area contributed by atoms with E-state index in [2.05, 4.69) is 81.3 Å². The van der Waals surface area contributed by atoms with E-state index in [9.17, 15) is 0 Å². The summed E-state index contributed by atoms with van der Waals surface area (Å²) < 4.78 is 6.70. The molecule has 0 N–H and O–H groups in total. The smallest absolute Gasteiger partial charge is 0.119 e. The van der Waals surface area contributed by atoms with E-state index >= 15 is 0 Å². The van der Waals surface area contributed by atoms with E-state index in [-0.39, 0.29) is 0 Å². The molecular formula is C17H18Br2OS. The first-order valence-corrected chi connectivity index (χ1v) is 9.45. The average molecular weight is 430 g/mol. The molecule has 0 aliphatic carbocycles. The number of halogens is 2. The molecule has 0 aliphatic heterocycles. The molecule has 1 aromatic carbocycles. The minimum atomic E-state index is 0.806. The van der Waals surface area contributed by atoms with Crippen molar-refractivity contribution in [1.82, 2.24) is 0 Å². The minimum absolute atomic E-state index is 0.806. The lowest BCUT2D eigenvalue weighted by atomic mass is 10.2. The average Bonchev–Trinajstić information content (AvgIpc) is 2.92. The van der Waals surface area contributed by atoms with Gasteiger partial charge in [-0.25, -0.2) is 0 Å². The summed E-state index contributed by atoms with van der Waals surface area (Å²) in [7, 11) is 0. The molecule has 112 valence electrons. The molecule has 0 amide bonds. The van der Waals surface area contributed by atoms with Gasteiger partial charge in [-0.15, -0.1) is 11.3 Å². The molecule has 0 spiro atoms. The Kier molecular flexibility index (Phi) is 7.00. The highest BCUT2D eigenvalue weighted by molar-refractivity contribution is 9.28. The van der Waals surface area contributed by atoms with E-state index in [1.807, 2.05) is 0 Å². The highest BCUT2D eigenvalue weighted by atomic mass is 79.9. The Morgan fingerprint density at radius 1 is 1.10 bits per heavy atom. The SMILES string of the molecule is CCCCCOc1ccc(-c2ccc(C=C(Br)Br)s2)cc1. The lowest BCUT2D eigenvalue weighted by Crippen LogP contribution is -1.96. The second-order valence-electron chi connectivity index (χ2n) is 4.72. The lowest BCUT2D eigenvalue weighted by Gasteiger charge is -2.06. The fourth-order valence-corrected chi connectivity index (χ4v) is 3.70. The first kappa shape index (κ1) is 16.8. The fourth-order valence-electron chi connectivity index (χ4n) is 1.95. The summed E-state index contributed by atoms with van der Waals surface area (Å²) in [5.74, 6) is 0.953. The van der Waals surface area contributed by atoms with E-state index in [0.717, 1.165) is 22.2 Å². The van der Waals surface area contributed by atoms with Gasteiger partial charge in [0.15, 0.2) is 0 Å². The van der Waals surface area contributed by atoms with Crippen LogP contribution in [0.2, 0.25) is 0 Å². The third-order valence-corrected chi connectivity index (χ3v) is 4.57. The fraction of sp³-hybridized carbons (Fsp3) is 0.294. The van der Waals surface area contributed by atoms with Crippen LogP contribution in [-0.2, 0) is 0 Å². The number of hydrogen-bond acceptors (Lipinski definition) is 2. The second-order valence-corrected chi connectivity index (χ2v) is 8.60. The summed E-state index contributed by atoms with van der Waals surface area (Å²) >= 11 is 8.55. The lowest BCUT2D eigenvalue weighted by molar-refractivity contribution is 0.306. The van der Waals surface area contributed by atoms with Crippen molar-refractivity contribution in [3.63, 3.8) is 0 Å². The summed E-state index contributed by atoms with van der Waals surface area (Å²) in [6.45, 7) is 3.01. The van der Waals surface area contributed by atoms with Gasteiger partial charge in [0.2, 0.25) is 0 Å². The molecule has 1 aromatic heterocycles. The van der Waals surface area contributed by atoms with Crippen LogP contribution in [0.1, 0.15) is 31.1 Å². The quantitative estimate of drug-likeness (QED) is 0.427. The highest BCUT2D eigenvalue weighted by Crippen LogP contribution is 2.31. The topological polar surface area (TPSA) is 9.23 Å². The molecule has 1 nitrogen and oxygen atoms in total. The highest BCUT2D eigenvalue weighted by Gasteiger charge is 2.02. The van der Waals surface area contributed by atoms with Gasteiger partial charge in [0.25, 0.3) is 0 Å². The van der Waals surface area contributed by atoms with Crippen molar-refractivity contribution < 1.29 is 4.74 Å². The van der Waals surface area contributed by atoms with Crippen LogP contribution in [-0.4, -0.2) is 6.61 Å². The Morgan fingerprint density at radius 3 is 2.52 bits per heavy atom. The molecule has 21 heavy (non-hydrogen) atoms. The van der Waals surface area contributed by atoms with Gasteiger partial charge >= 0.3 is 0 Å². The number of unbranched alkanes of at least 4 members (excludes halogenated alkanes) is 2. The zero-order chi connectivity index (χ0) is 15.1. The molecule has 2 rings (SSSR count). The molecule has 2 aromatic rings. The Bertz CT molecular complexity index is 583.